The Morgan fingerprint density at radius 3 is 2.18 bits per heavy atom. The van der Waals surface area contributed by atoms with E-state index >= 15 is 0 Å². The van der Waals surface area contributed by atoms with Crippen molar-refractivity contribution in [3.63, 3.8) is 0 Å². The van der Waals surface area contributed by atoms with Crippen LogP contribution in [0.3, 0.4) is 0 Å². The molecule has 0 bridgehead atoms. The van der Waals surface area contributed by atoms with Gasteiger partial charge in [0, 0.05) is 7.05 Å². The highest BCUT2D eigenvalue weighted by atomic mass is 16.2. The summed E-state index contributed by atoms with van der Waals surface area (Å²) in [5, 5.41) is 2.66. The van der Waals surface area contributed by atoms with Crippen LogP contribution < -0.4 is 5.32 Å². The van der Waals surface area contributed by atoms with E-state index in [9.17, 15) is 9.59 Å². The van der Waals surface area contributed by atoms with Crippen molar-refractivity contribution < 1.29 is 9.59 Å². The zero-order valence-electron chi connectivity index (χ0n) is 10.2. The van der Waals surface area contributed by atoms with Crippen LogP contribution in [0.5, 0.6) is 0 Å². The Morgan fingerprint density at radius 1 is 1.18 bits per heavy atom. The summed E-state index contributed by atoms with van der Waals surface area (Å²) in [4.78, 5) is 24.2. The molecule has 4 nitrogen and oxygen atoms in total. The second-order valence-electron chi connectivity index (χ2n) is 4.60. The second kappa shape index (κ2) is 4.20. The molecule has 1 aromatic carbocycles. The minimum absolute atomic E-state index is 0.202. The van der Waals surface area contributed by atoms with E-state index in [2.05, 4.69) is 19.2 Å². The van der Waals surface area contributed by atoms with Crippen LogP contribution in [-0.4, -0.2) is 23.9 Å². The third-order valence-electron chi connectivity index (χ3n) is 3.09. The van der Waals surface area contributed by atoms with Crippen LogP contribution in [0.2, 0.25) is 0 Å². The van der Waals surface area contributed by atoms with Crippen molar-refractivity contribution in [1.29, 1.82) is 0 Å². The maximum Gasteiger partial charge on any atom is 0.324 e. The largest absolute Gasteiger partial charge is 0.324 e. The zero-order valence-corrected chi connectivity index (χ0v) is 10.2. The molecular formula is C13H16N2O2. The number of benzene rings is 1. The topological polar surface area (TPSA) is 49.4 Å². The number of imide groups is 1. The van der Waals surface area contributed by atoms with Crippen molar-refractivity contribution in [3.8, 4) is 0 Å². The minimum Gasteiger partial charge on any atom is -0.322 e. The number of urea groups is 1. The molecule has 4 heteroatoms. The molecule has 1 aliphatic heterocycles. The van der Waals surface area contributed by atoms with Gasteiger partial charge in [0.15, 0.2) is 0 Å². The fraction of sp³-hybridized carbons (Fsp3) is 0.385. The summed E-state index contributed by atoms with van der Waals surface area (Å²) in [5.41, 5.74) is 2.05. The third kappa shape index (κ3) is 2.02. The number of nitrogens with zero attached hydrogens (tertiary/aromatic N) is 1. The number of amides is 3. The van der Waals surface area contributed by atoms with Gasteiger partial charge < -0.3 is 5.32 Å². The fourth-order valence-electron chi connectivity index (χ4n) is 1.88. The lowest BCUT2D eigenvalue weighted by Crippen LogP contribution is -2.25. The molecule has 17 heavy (non-hydrogen) atoms. The maximum absolute atomic E-state index is 11.8. The highest BCUT2D eigenvalue weighted by molar-refractivity contribution is 6.04. The predicted molar refractivity (Wildman–Crippen MR) is 64.6 cm³/mol. The van der Waals surface area contributed by atoms with Crippen molar-refractivity contribution >= 4 is 11.9 Å². The summed E-state index contributed by atoms with van der Waals surface area (Å²) in [5.74, 6) is 0.257. The van der Waals surface area contributed by atoms with Crippen molar-refractivity contribution in [2.75, 3.05) is 7.05 Å². The molecule has 1 unspecified atom stereocenters. The van der Waals surface area contributed by atoms with Crippen molar-refractivity contribution in [3.05, 3.63) is 35.4 Å². The molecule has 0 saturated carbocycles. The van der Waals surface area contributed by atoms with Crippen LogP contribution in [0.15, 0.2) is 24.3 Å². The summed E-state index contributed by atoms with van der Waals surface area (Å²) >= 11 is 0. The minimum atomic E-state index is -0.534. The Hall–Kier alpha value is -1.84. The summed E-state index contributed by atoms with van der Waals surface area (Å²) in [6.45, 7) is 4.23. The number of likely N-dealkylation sites (N-methyl/N-ethyl adjacent to an activating group) is 1. The lowest BCUT2D eigenvalue weighted by Gasteiger charge is -2.10. The molecule has 1 aliphatic rings. The summed E-state index contributed by atoms with van der Waals surface area (Å²) in [6.07, 6.45) is 0. The van der Waals surface area contributed by atoms with E-state index < -0.39 is 6.04 Å². The molecule has 1 aromatic rings. The van der Waals surface area contributed by atoms with Gasteiger partial charge in [0.25, 0.3) is 5.91 Å². The van der Waals surface area contributed by atoms with Gasteiger partial charge in [-0.25, -0.2) is 4.79 Å². The number of nitrogens with one attached hydrogen (secondary N) is 1. The SMILES string of the molecule is CC(C)c1ccc(C2NC(=O)N(C)C2=O)cc1. The molecule has 1 heterocycles. The van der Waals surface area contributed by atoms with Gasteiger partial charge in [-0.2, -0.15) is 0 Å². The summed E-state index contributed by atoms with van der Waals surface area (Å²) in [6, 6.07) is 6.92. The predicted octanol–water partition coefficient (Wildman–Crippen LogP) is 2.03. The van der Waals surface area contributed by atoms with Gasteiger partial charge in [-0.05, 0) is 17.0 Å². The fourth-order valence-corrected chi connectivity index (χ4v) is 1.88. The van der Waals surface area contributed by atoms with Gasteiger partial charge in [-0.1, -0.05) is 38.1 Å². The third-order valence-corrected chi connectivity index (χ3v) is 3.09. The Labute approximate surface area is 101 Å². The molecule has 0 spiro atoms. The van der Waals surface area contributed by atoms with Crippen LogP contribution in [0.1, 0.15) is 36.9 Å². The average Bonchev–Trinajstić information content (AvgIpc) is 2.57. The Kier molecular flexibility index (Phi) is 2.88. The van der Waals surface area contributed by atoms with E-state index in [4.69, 9.17) is 0 Å². The summed E-state index contributed by atoms with van der Waals surface area (Å²) < 4.78 is 0. The first-order valence-corrected chi connectivity index (χ1v) is 5.68. The highest BCUT2D eigenvalue weighted by Crippen LogP contribution is 2.23. The molecular weight excluding hydrogens is 216 g/mol. The van der Waals surface area contributed by atoms with Crippen LogP contribution >= 0.6 is 0 Å². The Balaban J connectivity index is 2.24. The number of rotatable bonds is 2. The van der Waals surface area contributed by atoms with E-state index in [1.807, 2.05) is 24.3 Å². The Bertz CT molecular complexity index is 451. The van der Waals surface area contributed by atoms with Gasteiger partial charge in [0.2, 0.25) is 0 Å². The summed E-state index contributed by atoms with van der Waals surface area (Å²) in [7, 11) is 1.49. The zero-order chi connectivity index (χ0) is 12.6. The molecule has 0 aliphatic carbocycles. The van der Waals surface area contributed by atoms with Gasteiger partial charge in [0.1, 0.15) is 6.04 Å². The maximum atomic E-state index is 11.8. The van der Waals surface area contributed by atoms with Crippen LogP contribution in [-0.2, 0) is 4.79 Å². The van der Waals surface area contributed by atoms with Gasteiger partial charge >= 0.3 is 6.03 Å². The molecule has 3 amide bonds. The quantitative estimate of drug-likeness (QED) is 0.793. The first-order valence-electron chi connectivity index (χ1n) is 5.68. The van der Waals surface area contributed by atoms with Crippen molar-refractivity contribution in [2.24, 2.45) is 0 Å². The smallest absolute Gasteiger partial charge is 0.322 e. The van der Waals surface area contributed by atoms with Crippen molar-refractivity contribution in [1.82, 2.24) is 10.2 Å². The van der Waals surface area contributed by atoms with Crippen molar-refractivity contribution in [2.45, 2.75) is 25.8 Å². The molecule has 0 aromatic heterocycles. The lowest BCUT2D eigenvalue weighted by molar-refractivity contribution is -0.126. The van der Waals surface area contributed by atoms with E-state index in [1.165, 1.54) is 12.6 Å². The Morgan fingerprint density at radius 2 is 1.76 bits per heavy atom. The molecule has 0 radical (unpaired) electrons. The number of carbonyl (C=O) groups excluding carboxylic acids is 2. The van der Waals surface area contributed by atoms with E-state index in [0.717, 1.165) is 10.5 Å². The van der Waals surface area contributed by atoms with Crippen LogP contribution in [0.25, 0.3) is 0 Å². The molecule has 1 atom stereocenters. The molecule has 1 saturated heterocycles. The molecule has 1 fully saturated rings. The van der Waals surface area contributed by atoms with Gasteiger partial charge in [0.05, 0.1) is 0 Å². The number of hydrogen-bond donors (Lipinski definition) is 1. The first kappa shape index (κ1) is 11.6. The standard InChI is InChI=1S/C13H16N2O2/c1-8(2)9-4-6-10(7-5-9)11-12(16)15(3)13(17)14-11/h4-8,11H,1-3H3,(H,14,17). The van der Waals surface area contributed by atoms with E-state index in [-0.39, 0.29) is 11.9 Å². The monoisotopic (exact) mass is 232 g/mol. The van der Waals surface area contributed by atoms with Crippen LogP contribution in [0.4, 0.5) is 4.79 Å². The highest BCUT2D eigenvalue weighted by Gasteiger charge is 2.36. The average molecular weight is 232 g/mol. The second-order valence-corrected chi connectivity index (χ2v) is 4.60. The van der Waals surface area contributed by atoms with E-state index in [0.29, 0.717) is 5.92 Å². The molecule has 2 rings (SSSR count). The molecule has 1 N–H and O–H groups in total. The first-order chi connectivity index (χ1) is 8.00. The number of hydrogen-bond acceptors (Lipinski definition) is 2. The van der Waals surface area contributed by atoms with Gasteiger partial charge in [-0.3, -0.25) is 9.69 Å². The van der Waals surface area contributed by atoms with Gasteiger partial charge in [-0.15, -0.1) is 0 Å². The lowest BCUT2D eigenvalue weighted by atomic mass is 9.99. The van der Waals surface area contributed by atoms with Crippen LogP contribution in [0, 0.1) is 0 Å². The molecule has 90 valence electrons. The normalized spacial score (nSPS) is 20.0. The number of carbonyl (C=O) groups is 2. The van der Waals surface area contributed by atoms with E-state index in [1.54, 1.807) is 0 Å².